The van der Waals surface area contributed by atoms with E-state index >= 15 is 0 Å². The zero-order valence-corrected chi connectivity index (χ0v) is 20.9. The number of nitrogens with one attached hydrogen (secondary N) is 1. The summed E-state index contributed by atoms with van der Waals surface area (Å²) in [6, 6.07) is 21.7. The number of rotatable bonds is 9. The van der Waals surface area contributed by atoms with Gasteiger partial charge in [0, 0.05) is 23.5 Å². The van der Waals surface area contributed by atoms with Crippen LogP contribution in [0, 0.1) is 5.82 Å². The van der Waals surface area contributed by atoms with E-state index in [0.717, 1.165) is 11.1 Å². The van der Waals surface area contributed by atoms with Crippen LogP contribution < -0.4 is 10.1 Å². The molecule has 7 heteroatoms. The first kappa shape index (κ1) is 26.2. The van der Waals surface area contributed by atoms with E-state index in [1.165, 1.54) is 17.0 Å². The molecule has 0 bridgehead atoms. The predicted molar refractivity (Wildman–Crippen MR) is 136 cm³/mol. The van der Waals surface area contributed by atoms with E-state index in [-0.39, 0.29) is 18.2 Å². The summed E-state index contributed by atoms with van der Waals surface area (Å²) in [5.74, 6) is -1.30. The van der Waals surface area contributed by atoms with Crippen LogP contribution in [0.2, 0.25) is 5.02 Å². The minimum atomic E-state index is -0.816. The Bertz CT molecular complexity index is 1130. The van der Waals surface area contributed by atoms with Crippen molar-refractivity contribution in [2.45, 2.75) is 45.3 Å². The van der Waals surface area contributed by atoms with Gasteiger partial charge in [-0.3, -0.25) is 9.59 Å². The normalized spacial score (nSPS) is 12.0. The monoisotopic (exact) mass is 496 g/mol. The maximum absolute atomic E-state index is 14.1. The Morgan fingerprint density at radius 2 is 1.57 bits per heavy atom. The summed E-state index contributed by atoms with van der Waals surface area (Å²) in [6.07, 6.45) is 0.307. The fourth-order valence-corrected chi connectivity index (χ4v) is 3.70. The predicted octanol–water partition coefficient (Wildman–Crippen LogP) is 5.41. The van der Waals surface area contributed by atoms with Crippen LogP contribution in [-0.4, -0.2) is 34.9 Å². The zero-order valence-electron chi connectivity index (χ0n) is 20.1. The molecule has 184 valence electrons. The average Bonchev–Trinajstić information content (AvgIpc) is 2.81. The molecule has 5 nitrogen and oxygen atoms in total. The van der Waals surface area contributed by atoms with Crippen LogP contribution in [0.25, 0.3) is 0 Å². The Kier molecular flexibility index (Phi) is 8.88. The summed E-state index contributed by atoms with van der Waals surface area (Å²) in [4.78, 5) is 28.4. The second kappa shape index (κ2) is 11.8. The molecule has 1 N–H and O–H groups in total. The van der Waals surface area contributed by atoms with Crippen LogP contribution in [0.15, 0.2) is 78.9 Å². The smallest absolute Gasteiger partial charge is 0.261 e. The molecule has 0 saturated heterocycles. The number of halogens is 2. The van der Waals surface area contributed by atoms with Crippen molar-refractivity contribution >= 4 is 23.4 Å². The molecular formula is C28H30ClFN2O3. The standard InChI is InChI=1S/C28H30ClFN2O3/c1-28(2,3)31-27(34)24(17-20-9-5-4-6-10-20)32(18-21-13-15-22(29)16-14-21)26(33)19-35-25-12-8-7-11-23(25)30/h4-16,24H,17-19H2,1-3H3,(H,31,34). The average molecular weight is 497 g/mol. The highest BCUT2D eigenvalue weighted by Crippen LogP contribution is 2.19. The molecule has 0 heterocycles. The summed E-state index contributed by atoms with van der Waals surface area (Å²) in [7, 11) is 0. The minimum Gasteiger partial charge on any atom is -0.481 e. The molecule has 3 rings (SSSR count). The summed E-state index contributed by atoms with van der Waals surface area (Å²) < 4.78 is 19.6. The maximum Gasteiger partial charge on any atom is 0.261 e. The molecule has 35 heavy (non-hydrogen) atoms. The van der Waals surface area contributed by atoms with Crippen LogP contribution in [0.1, 0.15) is 31.9 Å². The van der Waals surface area contributed by atoms with Crippen molar-refractivity contribution in [3.8, 4) is 5.75 Å². The largest absolute Gasteiger partial charge is 0.481 e. The van der Waals surface area contributed by atoms with E-state index in [4.69, 9.17) is 16.3 Å². The van der Waals surface area contributed by atoms with Gasteiger partial charge in [-0.2, -0.15) is 0 Å². The fraction of sp³-hybridized carbons (Fsp3) is 0.286. The van der Waals surface area contributed by atoms with Crippen molar-refractivity contribution in [2.24, 2.45) is 0 Å². The van der Waals surface area contributed by atoms with E-state index in [1.807, 2.05) is 63.2 Å². The quantitative estimate of drug-likeness (QED) is 0.430. The van der Waals surface area contributed by atoms with Gasteiger partial charge < -0.3 is 15.0 Å². The number of hydrogen-bond acceptors (Lipinski definition) is 3. The molecule has 2 amide bonds. The topological polar surface area (TPSA) is 58.6 Å². The number of benzene rings is 3. The van der Waals surface area contributed by atoms with Gasteiger partial charge in [-0.15, -0.1) is 0 Å². The molecule has 0 aliphatic heterocycles. The Hall–Kier alpha value is -3.38. The van der Waals surface area contributed by atoms with Gasteiger partial charge in [-0.05, 0) is 56.2 Å². The maximum atomic E-state index is 14.1. The number of amides is 2. The first-order valence-electron chi connectivity index (χ1n) is 11.4. The van der Waals surface area contributed by atoms with Gasteiger partial charge in [0.1, 0.15) is 6.04 Å². The fourth-order valence-electron chi connectivity index (χ4n) is 3.58. The van der Waals surface area contributed by atoms with Crippen molar-refractivity contribution in [2.75, 3.05) is 6.61 Å². The number of carbonyl (C=O) groups excluding carboxylic acids is 2. The van der Waals surface area contributed by atoms with Gasteiger partial charge in [0.2, 0.25) is 5.91 Å². The summed E-state index contributed by atoms with van der Waals surface area (Å²) in [5, 5.41) is 3.57. The second-order valence-corrected chi connectivity index (χ2v) is 9.75. The number of carbonyl (C=O) groups is 2. The Labute approximate surface area is 210 Å². The third-order valence-electron chi connectivity index (χ3n) is 5.22. The Morgan fingerprint density at radius 1 is 0.943 bits per heavy atom. The van der Waals surface area contributed by atoms with E-state index in [9.17, 15) is 14.0 Å². The van der Waals surface area contributed by atoms with Crippen LogP contribution in [0.4, 0.5) is 4.39 Å². The van der Waals surface area contributed by atoms with Gasteiger partial charge in [0.15, 0.2) is 18.2 Å². The molecule has 0 spiro atoms. The van der Waals surface area contributed by atoms with Crippen LogP contribution in [0.3, 0.4) is 0 Å². The Balaban J connectivity index is 1.93. The van der Waals surface area contributed by atoms with Crippen molar-refractivity contribution in [3.63, 3.8) is 0 Å². The van der Waals surface area contributed by atoms with Crippen molar-refractivity contribution in [1.29, 1.82) is 0 Å². The third kappa shape index (κ3) is 8.11. The van der Waals surface area contributed by atoms with Gasteiger partial charge in [0.05, 0.1) is 0 Å². The molecule has 0 aromatic heterocycles. The van der Waals surface area contributed by atoms with Crippen molar-refractivity contribution in [3.05, 3.63) is 101 Å². The molecule has 3 aromatic rings. The molecule has 0 fully saturated rings. The SMILES string of the molecule is CC(C)(C)NC(=O)C(Cc1ccccc1)N(Cc1ccc(Cl)cc1)C(=O)COc1ccccc1F. The van der Waals surface area contributed by atoms with Gasteiger partial charge in [0.25, 0.3) is 5.91 Å². The lowest BCUT2D eigenvalue weighted by molar-refractivity contribution is -0.143. The highest BCUT2D eigenvalue weighted by Gasteiger charge is 2.32. The lowest BCUT2D eigenvalue weighted by atomic mass is 10.0. The molecule has 3 aromatic carbocycles. The van der Waals surface area contributed by atoms with Crippen LogP contribution in [-0.2, 0) is 22.6 Å². The third-order valence-corrected chi connectivity index (χ3v) is 5.48. The summed E-state index contributed by atoms with van der Waals surface area (Å²) in [5.41, 5.74) is 1.21. The number of nitrogens with zero attached hydrogens (tertiary/aromatic N) is 1. The van der Waals surface area contributed by atoms with E-state index in [0.29, 0.717) is 11.4 Å². The molecule has 1 unspecified atom stereocenters. The number of hydrogen-bond donors (Lipinski definition) is 1. The number of para-hydroxylation sites is 1. The first-order chi connectivity index (χ1) is 16.6. The first-order valence-corrected chi connectivity index (χ1v) is 11.8. The van der Waals surface area contributed by atoms with E-state index in [1.54, 1.807) is 24.3 Å². The van der Waals surface area contributed by atoms with Gasteiger partial charge in [-0.1, -0.05) is 66.2 Å². The van der Waals surface area contributed by atoms with Crippen LogP contribution in [0.5, 0.6) is 5.75 Å². The minimum absolute atomic E-state index is 0.0222. The highest BCUT2D eigenvalue weighted by molar-refractivity contribution is 6.30. The molecule has 0 aliphatic carbocycles. The molecule has 0 saturated carbocycles. The molecule has 0 aliphatic rings. The summed E-state index contributed by atoms with van der Waals surface area (Å²) >= 11 is 6.04. The second-order valence-electron chi connectivity index (χ2n) is 9.31. The molecule has 1 atom stereocenters. The van der Waals surface area contributed by atoms with E-state index < -0.39 is 29.9 Å². The van der Waals surface area contributed by atoms with Gasteiger partial charge in [-0.25, -0.2) is 4.39 Å². The number of ether oxygens (including phenoxy) is 1. The van der Waals surface area contributed by atoms with Crippen molar-refractivity contribution < 1.29 is 18.7 Å². The Morgan fingerprint density at radius 3 is 2.20 bits per heavy atom. The van der Waals surface area contributed by atoms with E-state index in [2.05, 4.69) is 5.32 Å². The van der Waals surface area contributed by atoms with Crippen LogP contribution >= 0.6 is 11.6 Å². The van der Waals surface area contributed by atoms with Gasteiger partial charge >= 0.3 is 0 Å². The summed E-state index contributed by atoms with van der Waals surface area (Å²) in [6.45, 7) is 5.40. The zero-order chi connectivity index (χ0) is 25.4. The molecular weight excluding hydrogens is 467 g/mol. The highest BCUT2D eigenvalue weighted by atomic mass is 35.5. The lowest BCUT2D eigenvalue weighted by Gasteiger charge is -2.33. The lowest BCUT2D eigenvalue weighted by Crippen LogP contribution is -2.55. The van der Waals surface area contributed by atoms with Crippen molar-refractivity contribution in [1.82, 2.24) is 10.2 Å². The molecule has 0 radical (unpaired) electrons.